The highest BCUT2D eigenvalue weighted by Crippen LogP contribution is 2.23. The van der Waals surface area contributed by atoms with Gasteiger partial charge in [-0.25, -0.2) is 0 Å². The Morgan fingerprint density at radius 3 is 2.38 bits per heavy atom. The lowest BCUT2D eigenvalue weighted by molar-refractivity contribution is -0.142. The summed E-state index contributed by atoms with van der Waals surface area (Å²) in [6.45, 7) is 3.68. The standard InChI is InChI=1S/C13H18O2S/c1-9(10(2)13(14)15)12(16)8-11-6-4-3-5-7-11/h3-7,9-10,12,16H,8H2,1-2H3,(H,14,15). The normalized spacial score (nSPS) is 16.4. The fourth-order valence-corrected chi connectivity index (χ4v) is 2.07. The predicted octanol–water partition coefficient (Wildman–Crippen LogP) is 2.88. The average Bonchev–Trinajstić information content (AvgIpc) is 2.28. The molecule has 2 nitrogen and oxygen atoms in total. The minimum absolute atomic E-state index is 0.0565. The van der Waals surface area contributed by atoms with Crippen molar-refractivity contribution < 1.29 is 9.90 Å². The molecule has 0 spiro atoms. The molecule has 0 saturated heterocycles. The number of benzene rings is 1. The quantitative estimate of drug-likeness (QED) is 0.774. The van der Waals surface area contributed by atoms with E-state index in [1.807, 2.05) is 37.3 Å². The molecule has 1 rings (SSSR count). The van der Waals surface area contributed by atoms with Gasteiger partial charge in [-0.1, -0.05) is 44.2 Å². The third-order valence-electron chi connectivity index (χ3n) is 3.07. The maximum atomic E-state index is 10.9. The summed E-state index contributed by atoms with van der Waals surface area (Å²) in [5, 5.41) is 9.01. The summed E-state index contributed by atoms with van der Waals surface area (Å²) < 4.78 is 0. The second-order valence-corrected chi connectivity index (χ2v) is 4.91. The van der Waals surface area contributed by atoms with Crippen LogP contribution < -0.4 is 0 Å². The number of rotatable bonds is 5. The van der Waals surface area contributed by atoms with Crippen molar-refractivity contribution in [2.24, 2.45) is 11.8 Å². The molecule has 0 bridgehead atoms. The molecule has 3 atom stereocenters. The zero-order valence-corrected chi connectivity index (χ0v) is 10.5. The highest BCUT2D eigenvalue weighted by atomic mass is 32.1. The number of carboxylic acid groups (broad SMARTS) is 1. The molecule has 16 heavy (non-hydrogen) atoms. The van der Waals surface area contributed by atoms with Gasteiger partial charge in [0.2, 0.25) is 0 Å². The summed E-state index contributed by atoms with van der Waals surface area (Å²) in [5.41, 5.74) is 1.20. The molecule has 0 fully saturated rings. The Bertz CT molecular complexity index is 337. The van der Waals surface area contributed by atoms with Crippen LogP contribution in [0, 0.1) is 11.8 Å². The van der Waals surface area contributed by atoms with Crippen LogP contribution >= 0.6 is 12.6 Å². The van der Waals surface area contributed by atoms with Crippen molar-refractivity contribution in [3.63, 3.8) is 0 Å². The van der Waals surface area contributed by atoms with Crippen LogP contribution in [0.15, 0.2) is 30.3 Å². The van der Waals surface area contributed by atoms with Crippen LogP contribution in [0.3, 0.4) is 0 Å². The van der Waals surface area contributed by atoms with Crippen molar-refractivity contribution in [1.29, 1.82) is 0 Å². The van der Waals surface area contributed by atoms with Gasteiger partial charge in [0.15, 0.2) is 0 Å². The summed E-state index contributed by atoms with van der Waals surface area (Å²) in [6, 6.07) is 10.0. The number of carbonyl (C=O) groups is 1. The summed E-state index contributed by atoms with van der Waals surface area (Å²) in [5.74, 6) is -1.05. The Morgan fingerprint density at radius 1 is 1.31 bits per heavy atom. The highest BCUT2D eigenvalue weighted by Gasteiger charge is 2.25. The van der Waals surface area contributed by atoms with Gasteiger partial charge in [0.1, 0.15) is 0 Å². The molecule has 0 aliphatic rings. The minimum atomic E-state index is -0.750. The molecule has 0 aliphatic heterocycles. The first-order chi connectivity index (χ1) is 7.52. The van der Waals surface area contributed by atoms with Crippen LogP contribution in [0.2, 0.25) is 0 Å². The second kappa shape index (κ2) is 5.94. The van der Waals surface area contributed by atoms with Gasteiger partial charge in [0.05, 0.1) is 5.92 Å². The van der Waals surface area contributed by atoms with Gasteiger partial charge in [0.25, 0.3) is 0 Å². The molecule has 1 aromatic rings. The van der Waals surface area contributed by atoms with Crippen molar-refractivity contribution in [3.8, 4) is 0 Å². The lowest BCUT2D eigenvalue weighted by Gasteiger charge is -2.22. The van der Waals surface area contributed by atoms with E-state index in [0.717, 1.165) is 6.42 Å². The van der Waals surface area contributed by atoms with E-state index in [4.69, 9.17) is 5.11 Å². The molecule has 0 saturated carbocycles. The van der Waals surface area contributed by atoms with E-state index in [1.54, 1.807) is 6.92 Å². The topological polar surface area (TPSA) is 37.3 Å². The first-order valence-electron chi connectivity index (χ1n) is 5.47. The van der Waals surface area contributed by atoms with Crippen LogP contribution in [0.5, 0.6) is 0 Å². The molecule has 88 valence electrons. The van der Waals surface area contributed by atoms with E-state index in [-0.39, 0.29) is 17.1 Å². The summed E-state index contributed by atoms with van der Waals surface area (Å²) in [4.78, 5) is 10.9. The third-order valence-corrected chi connectivity index (χ3v) is 3.73. The third kappa shape index (κ3) is 3.56. The summed E-state index contributed by atoms with van der Waals surface area (Å²) in [7, 11) is 0. The van der Waals surface area contributed by atoms with Gasteiger partial charge in [-0.05, 0) is 17.9 Å². The first-order valence-corrected chi connectivity index (χ1v) is 5.98. The van der Waals surface area contributed by atoms with Gasteiger partial charge in [0, 0.05) is 5.25 Å². The molecule has 3 heteroatoms. The number of hydrogen-bond donors (Lipinski definition) is 2. The maximum Gasteiger partial charge on any atom is 0.306 e. The van der Waals surface area contributed by atoms with Crippen molar-refractivity contribution in [3.05, 3.63) is 35.9 Å². The lowest BCUT2D eigenvalue weighted by atomic mass is 9.89. The highest BCUT2D eigenvalue weighted by molar-refractivity contribution is 7.81. The fraction of sp³-hybridized carbons (Fsp3) is 0.462. The molecule has 3 unspecified atom stereocenters. The van der Waals surface area contributed by atoms with Crippen molar-refractivity contribution in [2.75, 3.05) is 0 Å². The van der Waals surface area contributed by atoms with Crippen molar-refractivity contribution >= 4 is 18.6 Å². The molecular weight excluding hydrogens is 220 g/mol. The molecule has 0 aromatic heterocycles. The van der Waals surface area contributed by atoms with E-state index in [2.05, 4.69) is 12.6 Å². The van der Waals surface area contributed by atoms with Crippen LogP contribution in [-0.2, 0) is 11.2 Å². The molecule has 1 N–H and O–H groups in total. The van der Waals surface area contributed by atoms with Crippen LogP contribution in [0.1, 0.15) is 19.4 Å². The molecule has 0 aliphatic carbocycles. The Balaban J connectivity index is 2.58. The molecule has 0 amide bonds. The number of aliphatic carboxylic acids is 1. The Labute approximate surface area is 102 Å². The van der Waals surface area contributed by atoms with Crippen molar-refractivity contribution in [2.45, 2.75) is 25.5 Å². The van der Waals surface area contributed by atoms with E-state index in [0.29, 0.717) is 0 Å². The molecule has 0 radical (unpaired) electrons. The summed E-state index contributed by atoms with van der Waals surface area (Å²) in [6.07, 6.45) is 0.808. The van der Waals surface area contributed by atoms with Gasteiger partial charge < -0.3 is 5.11 Å². The Kier molecular flexibility index (Phi) is 4.87. The lowest BCUT2D eigenvalue weighted by Crippen LogP contribution is -2.27. The number of hydrogen-bond acceptors (Lipinski definition) is 2. The molecular formula is C13H18O2S. The second-order valence-electron chi connectivity index (χ2n) is 4.24. The smallest absolute Gasteiger partial charge is 0.306 e. The SMILES string of the molecule is CC(C(=O)O)C(C)C(S)Cc1ccccc1. The average molecular weight is 238 g/mol. The molecule has 1 aromatic carbocycles. The van der Waals surface area contributed by atoms with E-state index in [1.165, 1.54) is 5.56 Å². The Morgan fingerprint density at radius 2 is 1.88 bits per heavy atom. The minimum Gasteiger partial charge on any atom is -0.481 e. The summed E-state index contributed by atoms with van der Waals surface area (Å²) >= 11 is 4.51. The zero-order chi connectivity index (χ0) is 12.1. The van der Waals surface area contributed by atoms with Crippen LogP contribution in [0.4, 0.5) is 0 Å². The predicted molar refractivity (Wildman–Crippen MR) is 68.9 cm³/mol. The number of carboxylic acids is 1. The maximum absolute atomic E-state index is 10.9. The molecule has 0 heterocycles. The Hall–Kier alpha value is -0.960. The fourth-order valence-electron chi connectivity index (χ4n) is 1.60. The number of thiol groups is 1. The largest absolute Gasteiger partial charge is 0.481 e. The van der Waals surface area contributed by atoms with Crippen LogP contribution in [0.25, 0.3) is 0 Å². The van der Waals surface area contributed by atoms with Gasteiger partial charge in [-0.2, -0.15) is 12.6 Å². The van der Waals surface area contributed by atoms with Gasteiger partial charge in [-0.3, -0.25) is 4.79 Å². The zero-order valence-electron chi connectivity index (χ0n) is 9.63. The monoisotopic (exact) mass is 238 g/mol. The van der Waals surface area contributed by atoms with Gasteiger partial charge >= 0.3 is 5.97 Å². The van der Waals surface area contributed by atoms with Crippen molar-refractivity contribution in [1.82, 2.24) is 0 Å². The van der Waals surface area contributed by atoms with Crippen LogP contribution in [-0.4, -0.2) is 16.3 Å². The van der Waals surface area contributed by atoms with E-state index >= 15 is 0 Å². The van der Waals surface area contributed by atoms with Gasteiger partial charge in [-0.15, -0.1) is 0 Å². The first kappa shape index (κ1) is 13.1. The van der Waals surface area contributed by atoms with E-state index in [9.17, 15) is 4.79 Å². The van der Waals surface area contributed by atoms with E-state index < -0.39 is 5.97 Å².